The molecule has 0 unspecified atom stereocenters. The second kappa shape index (κ2) is 10.3. The molecule has 2 heterocycles. The summed E-state index contributed by atoms with van der Waals surface area (Å²) in [7, 11) is 0. The van der Waals surface area contributed by atoms with E-state index in [2.05, 4.69) is 48.3 Å². The molecule has 0 bridgehead atoms. The van der Waals surface area contributed by atoms with Crippen LogP contribution in [0.4, 0.5) is 0 Å². The number of carbonyl (C=O) groups is 1. The van der Waals surface area contributed by atoms with Crippen LogP contribution in [0.3, 0.4) is 0 Å². The maximum Gasteiger partial charge on any atom is 0.250 e. The van der Waals surface area contributed by atoms with Crippen LogP contribution in [0.25, 0.3) is 17.1 Å². The topological polar surface area (TPSA) is 85.1 Å². The van der Waals surface area contributed by atoms with Gasteiger partial charge < -0.3 is 0 Å². The van der Waals surface area contributed by atoms with Crippen LogP contribution < -0.4 is 5.43 Å². The molecule has 0 aliphatic heterocycles. The second-order valence-corrected chi connectivity index (χ2v) is 8.54. The predicted molar refractivity (Wildman–Crippen MR) is 130 cm³/mol. The lowest BCUT2D eigenvalue weighted by Gasteiger charge is -2.10. The molecule has 4 aromatic rings. The first-order chi connectivity index (χ1) is 15.2. The highest BCUT2D eigenvalue weighted by atomic mass is 127. The standard InChI is InChI=1S/C22H17IN6OS/c23-18-6-4-5-16(13-18)14-25-26-20(30)15-31-22-28-27-21(17-9-11-24-12-10-17)29(22)19-7-2-1-3-8-19/h1-14H,15H2,(H,26,30)/b25-14+. The van der Waals surface area contributed by atoms with Gasteiger partial charge in [0, 0.05) is 27.2 Å². The number of hydrogen-bond acceptors (Lipinski definition) is 6. The molecule has 0 atom stereocenters. The third kappa shape index (κ3) is 5.56. The molecule has 0 aliphatic carbocycles. The Morgan fingerprint density at radius 2 is 1.87 bits per heavy atom. The van der Waals surface area contributed by atoms with Crippen molar-refractivity contribution in [3.63, 3.8) is 0 Å². The summed E-state index contributed by atoms with van der Waals surface area (Å²) in [6, 6.07) is 21.4. The normalized spacial score (nSPS) is 11.0. The van der Waals surface area contributed by atoms with E-state index >= 15 is 0 Å². The van der Waals surface area contributed by atoms with Gasteiger partial charge >= 0.3 is 0 Å². The van der Waals surface area contributed by atoms with E-state index in [1.54, 1.807) is 18.6 Å². The van der Waals surface area contributed by atoms with Crippen LogP contribution in [-0.4, -0.2) is 37.6 Å². The number of carbonyl (C=O) groups excluding carboxylic acids is 1. The molecule has 154 valence electrons. The van der Waals surface area contributed by atoms with Crippen molar-refractivity contribution in [1.82, 2.24) is 25.2 Å². The average molecular weight is 540 g/mol. The van der Waals surface area contributed by atoms with Gasteiger partial charge in [-0.2, -0.15) is 5.10 Å². The van der Waals surface area contributed by atoms with Gasteiger partial charge in [-0.1, -0.05) is 42.1 Å². The number of rotatable bonds is 7. The fraction of sp³-hybridized carbons (Fsp3) is 0.0455. The maximum absolute atomic E-state index is 12.3. The summed E-state index contributed by atoms with van der Waals surface area (Å²) in [5.41, 5.74) is 5.29. The van der Waals surface area contributed by atoms with Crippen LogP contribution in [0.1, 0.15) is 5.56 Å². The number of pyridine rings is 1. The number of amides is 1. The zero-order chi connectivity index (χ0) is 21.5. The van der Waals surface area contributed by atoms with Crippen molar-refractivity contribution in [3.8, 4) is 17.1 Å². The lowest BCUT2D eigenvalue weighted by Crippen LogP contribution is -2.20. The van der Waals surface area contributed by atoms with Gasteiger partial charge in [0.25, 0.3) is 5.91 Å². The van der Waals surface area contributed by atoms with Gasteiger partial charge in [-0.3, -0.25) is 14.3 Å². The minimum Gasteiger partial charge on any atom is -0.272 e. The second-order valence-electron chi connectivity index (χ2n) is 6.35. The zero-order valence-electron chi connectivity index (χ0n) is 16.2. The molecule has 1 N–H and O–H groups in total. The van der Waals surface area contributed by atoms with Crippen molar-refractivity contribution < 1.29 is 4.79 Å². The molecule has 0 spiro atoms. The van der Waals surface area contributed by atoms with Gasteiger partial charge in [-0.15, -0.1) is 10.2 Å². The van der Waals surface area contributed by atoms with E-state index in [1.165, 1.54) is 11.8 Å². The summed E-state index contributed by atoms with van der Waals surface area (Å²) in [5, 5.41) is 13.3. The number of nitrogens with one attached hydrogen (secondary N) is 1. The quantitative estimate of drug-likeness (QED) is 0.165. The van der Waals surface area contributed by atoms with E-state index in [9.17, 15) is 4.79 Å². The van der Waals surface area contributed by atoms with Gasteiger partial charge in [0.2, 0.25) is 0 Å². The minimum atomic E-state index is -0.222. The van der Waals surface area contributed by atoms with Crippen molar-refractivity contribution in [1.29, 1.82) is 0 Å². The van der Waals surface area contributed by atoms with E-state index < -0.39 is 0 Å². The summed E-state index contributed by atoms with van der Waals surface area (Å²) < 4.78 is 3.04. The maximum atomic E-state index is 12.3. The van der Waals surface area contributed by atoms with Gasteiger partial charge in [0.1, 0.15) is 0 Å². The molecule has 0 saturated carbocycles. The number of benzene rings is 2. The van der Waals surface area contributed by atoms with E-state index in [0.717, 1.165) is 20.4 Å². The van der Waals surface area contributed by atoms with Crippen molar-refractivity contribution in [2.45, 2.75) is 5.16 Å². The van der Waals surface area contributed by atoms with Crippen molar-refractivity contribution in [2.75, 3.05) is 5.75 Å². The zero-order valence-corrected chi connectivity index (χ0v) is 19.2. The highest BCUT2D eigenvalue weighted by Crippen LogP contribution is 2.27. The smallest absolute Gasteiger partial charge is 0.250 e. The molecule has 4 rings (SSSR count). The van der Waals surface area contributed by atoms with E-state index in [-0.39, 0.29) is 11.7 Å². The van der Waals surface area contributed by atoms with Crippen LogP contribution in [0.2, 0.25) is 0 Å². The molecule has 1 amide bonds. The number of aromatic nitrogens is 4. The number of hydrogen-bond donors (Lipinski definition) is 1. The summed E-state index contributed by atoms with van der Waals surface area (Å²) in [5.74, 6) is 0.624. The van der Waals surface area contributed by atoms with Crippen molar-refractivity contribution in [3.05, 3.63) is 88.3 Å². The third-order valence-corrected chi connectivity index (χ3v) is 5.77. The van der Waals surface area contributed by atoms with Gasteiger partial charge in [0.15, 0.2) is 11.0 Å². The Morgan fingerprint density at radius 1 is 1.06 bits per heavy atom. The fourth-order valence-electron chi connectivity index (χ4n) is 2.79. The molecule has 0 radical (unpaired) electrons. The Labute approximate surface area is 197 Å². The molecule has 7 nitrogen and oxygen atoms in total. The number of nitrogens with zero attached hydrogens (tertiary/aromatic N) is 5. The van der Waals surface area contributed by atoms with E-state index in [4.69, 9.17) is 0 Å². The predicted octanol–water partition coefficient (Wildman–Crippen LogP) is 4.18. The van der Waals surface area contributed by atoms with Crippen LogP contribution in [0.15, 0.2) is 89.4 Å². The van der Waals surface area contributed by atoms with Gasteiger partial charge in [-0.25, -0.2) is 5.43 Å². The molecule has 0 fully saturated rings. The molecule has 2 aromatic carbocycles. The molecule has 31 heavy (non-hydrogen) atoms. The first kappa shape index (κ1) is 21.2. The van der Waals surface area contributed by atoms with E-state index in [1.807, 2.05) is 71.3 Å². The summed E-state index contributed by atoms with van der Waals surface area (Å²) >= 11 is 3.53. The Hall–Kier alpha value is -3.05. The van der Waals surface area contributed by atoms with Crippen LogP contribution in [0.5, 0.6) is 0 Å². The SMILES string of the molecule is O=C(CSc1nnc(-c2ccncc2)n1-c1ccccc1)N/N=C/c1cccc(I)c1. The van der Waals surface area contributed by atoms with Crippen molar-refractivity contribution >= 4 is 46.5 Å². The molecule has 9 heteroatoms. The fourth-order valence-corrected chi connectivity index (χ4v) is 4.10. The minimum absolute atomic E-state index is 0.158. The highest BCUT2D eigenvalue weighted by molar-refractivity contribution is 14.1. The Kier molecular flexibility index (Phi) is 7.05. The number of hydrazone groups is 1. The lowest BCUT2D eigenvalue weighted by molar-refractivity contribution is -0.118. The molecular formula is C22H17IN6OS. The molecular weight excluding hydrogens is 523 g/mol. The van der Waals surface area contributed by atoms with Crippen LogP contribution in [0, 0.1) is 3.57 Å². The van der Waals surface area contributed by atoms with Gasteiger partial charge in [0.05, 0.1) is 12.0 Å². The Bertz CT molecular complexity index is 1200. The largest absolute Gasteiger partial charge is 0.272 e. The number of thioether (sulfide) groups is 1. The summed E-state index contributed by atoms with van der Waals surface area (Å²) in [4.78, 5) is 16.4. The lowest BCUT2D eigenvalue weighted by atomic mass is 10.2. The van der Waals surface area contributed by atoms with Crippen LogP contribution in [-0.2, 0) is 4.79 Å². The first-order valence-electron chi connectivity index (χ1n) is 9.32. The summed E-state index contributed by atoms with van der Waals surface area (Å²) in [6.45, 7) is 0. The first-order valence-corrected chi connectivity index (χ1v) is 11.4. The van der Waals surface area contributed by atoms with E-state index in [0.29, 0.717) is 11.0 Å². The molecule has 0 aliphatic rings. The van der Waals surface area contributed by atoms with Crippen molar-refractivity contribution in [2.24, 2.45) is 5.10 Å². The third-order valence-electron chi connectivity index (χ3n) is 4.17. The average Bonchev–Trinajstić information content (AvgIpc) is 3.23. The summed E-state index contributed by atoms with van der Waals surface area (Å²) in [6.07, 6.45) is 5.05. The number of para-hydroxylation sites is 1. The molecule has 2 aromatic heterocycles. The highest BCUT2D eigenvalue weighted by Gasteiger charge is 2.17. The van der Waals surface area contributed by atoms with Crippen LogP contribution >= 0.6 is 34.4 Å². The Balaban J connectivity index is 1.48. The number of halogens is 1. The van der Waals surface area contributed by atoms with Gasteiger partial charge in [-0.05, 0) is 64.6 Å². The molecule has 0 saturated heterocycles. The monoisotopic (exact) mass is 540 g/mol. The Morgan fingerprint density at radius 3 is 2.65 bits per heavy atom.